The van der Waals surface area contributed by atoms with Crippen molar-refractivity contribution in [2.24, 2.45) is 0 Å². The van der Waals surface area contributed by atoms with Crippen LogP contribution in [-0.2, 0) is 6.42 Å². The van der Waals surface area contributed by atoms with Gasteiger partial charge in [-0.2, -0.15) is 0 Å². The molecule has 17 heavy (non-hydrogen) atoms. The predicted octanol–water partition coefficient (Wildman–Crippen LogP) is 3.10. The van der Waals surface area contributed by atoms with Crippen molar-refractivity contribution < 1.29 is 0 Å². The number of pyridine rings is 1. The van der Waals surface area contributed by atoms with Gasteiger partial charge in [0.1, 0.15) is 0 Å². The van der Waals surface area contributed by atoms with Gasteiger partial charge in [-0.15, -0.1) is 0 Å². The molecule has 0 radical (unpaired) electrons. The Balaban J connectivity index is 1.89. The van der Waals surface area contributed by atoms with Gasteiger partial charge < -0.3 is 5.32 Å². The van der Waals surface area contributed by atoms with Crippen molar-refractivity contribution >= 4 is 0 Å². The van der Waals surface area contributed by atoms with Crippen molar-refractivity contribution in [1.29, 1.82) is 0 Å². The molecule has 0 aliphatic heterocycles. The van der Waals surface area contributed by atoms with E-state index in [0.717, 1.165) is 6.42 Å². The van der Waals surface area contributed by atoms with Gasteiger partial charge in [0.05, 0.1) is 0 Å². The molecule has 2 nitrogen and oxygen atoms in total. The van der Waals surface area contributed by atoms with Crippen LogP contribution in [0.4, 0.5) is 0 Å². The third kappa shape index (κ3) is 3.67. The molecule has 1 unspecified atom stereocenters. The number of nitrogens with one attached hydrogen (secondary N) is 1. The minimum Gasteiger partial charge on any atom is -0.313 e. The SMILES string of the molecule is CNC(CCc1ccncc1)C1=CCCCC1. The number of nitrogens with zero attached hydrogens (tertiary/aromatic N) is 1. The van der Waals surface area contributed by atoms with Crippen molar-refractivity contribution in [2.75, 3.05) is 7.05 Å². The highest BCUT2D eigenvalue weighted by Gasteiger charge is 2.14. The van der Waals surface area contributed by atoms with Crippen LogP contribution in [-0.4, -0.2) is 18.1 Å². The third-order valence-electron chi connectivity index (χ3n) is 3.59. The Bertz CT molecular complexity index is 356. The Morgan fingerprint density at radius 1 is 1.29 bits per heavy atom. The van der Waals surface area contributed by atoms with E-state index in [9.17, 15) is 0 Å². The second-order valence-corrected chi connectivity index (χ2v) is 4.76. The lowest BCUT2D eigenvalue weighted by molar-refractivity contribution is 0.540. The van der Waals surface area contributed by atoms with Crippen LogP contribution >= 0.6 is 0 Å². The first-order chi connectivity index (χ1) is 8.40. The lowest BCUT2D eigenvalue weighted by atomic mass is 9.91. The smallest absolute Gasteiger partial charge is 0.0279 e. The zero-order valence-corrected chi connectivity index (χ0v) is 10.7. The summed E-state index contributed by atoms with van der Waals surface area (Å²) in [5.74, 6) is 0. The summed E-state index contributed by atoms with van der Waals surface area (Å²) in [7, 11) is 2.08. The van der Waals surface area contributed by atoms with Crippen molar-refractivity contribution in [3.63, 3.8) is 0 Å². The van der Waals surface area contributed by atoms with Crippen LogP contribution in [0.15, 0.2) is 36.2 Å². The van der Waals surface area contributed by atoms with Crippen molar-refractivity contribution in [3.05, 3.63) is 41.7 Å². The second-order valence-electron chi connectivity index (χ2n) is 4.76. The highest BCUT2D eigenvalue weighted by atomic mass is 14.9. The van der Waals surface area contributed by atoms with Crippen LogP contribution < -0.4 is 5.32 Å². The average Bonchev–Trinajstić information content (AvgIpc) is 2.42. The van der Waals surface area contributed by atoms with Gasteiger partial charge in [0, 0.05) is 18.4 Å². The van der Waals surface area contributed by atoms with Crippen molar-refractivity contribution in [2.45, 2.75) is 44.6 Å². The van der Waals surface area contributed by atoms with Gasteiger partial charge in [-0.1, -0.05) is 11.6 Å². The number of hydrogen-bond donors (Lipinski definition) is 1. The molecule has 0 amide bonds. The van der Waals surface area contributed by atoms with Gasteiger partial charge in [0.2, 0.25) is 0 Å². The Labute approximate surface area is 104 Å². The minimum atomic E-state index is 0.559. The molecule has 1 heterocycles. The fourth-order valence-electron chi connectivity index (χ4n) is 2.56. The summed E-state index contributed by atoms with van der Waals surface area (Å²) in [4.78, 5) is 4.06. The summed E-state index contributed by atoms with van der Waals surface area (Å²) in [5, 5.41) is 3.46. The van der Waals surface area contributed by atoms with E-state index in [1.807, 2.05) is 12.4 Å². The number of rotatable bonds is 5. The number of aromatic nitrogens is 1. The molecule has 0 bridgehead atoms. The topological polar surface area (TPSA) is 24.9 Å². The molecule has 1 N–H and O–H groups in total. The molecule has 92 valence electrons. The Morgan fingerprint density at radius 2 is 2.12 bits per heavy atom. The molecule has 0 fully saturated rings. The summed E-state index contributed by atoms with van der Waals surface area (Å²) in [6.45, 7) is 0. The monoisotopic (exact) mass is 230 g/mol. The quantitative estimate of drug-likeness (QED) is 0.786. The first kappa shape index (κ1) is 12.3. The first-order valence-corrected chi connectivity index (χ1v) is 6.65. The summed E-state index contributed by atoms with van der Waals surface area (Å²) < 4.78 is 0. The normalized spacial score (nSPS) is 17.6. The molecule has 1 atom stereocenters. The number of aryl methyl sites for hydroxylation is 1. The second kappa shape index (κ2) is 6.55. The molecular formula is C15H22N2. The number of allylic oxidation sites excluding steroid dienone is 1. The molecular weight excluding hydrogens is 208 g/mol. The van der Waals surface area contributed by atoms with Gasteiger partial charge in [-0.25, -0.2) is 0 Å². The standard InChI is InChI=1S/C15H22N2/c1-16-15(14-5-3-2-4-6-14)8-7-13-9-11-17-12-10-13/h5,9-12,15-16H,2-4,6-8H2,1H3. The summed E-state index contributed by atoms with van der Waals surface area (Å²) in [6, 6.07) is 4.78. The van der Waals surface area contributed by atoms with Crippen LogP contribution in [0, 0.1) is 0 Å². The van der Waals surface area contributed by atoms with Crippen molar-refractivity contribution in [3.8, 4) is 0 Å². The van der Waals surface area contributed by atoms with Gasteiger partial charge >= 0.3 is 0 Å². The predicted molar refractivity (Wildman–Crippen MR) is 72.0 cm³/mol. The third-order valence-corrected chi connectivity index (χ3v) is 3.59. The van der Waals surface area contributed by atoms with E-state index in [1.165, 1.54) is 37.7 Å². The number of hydrogen-bond acceptors (Lipinski definition) is 2. The Hall–Kier alpha value is -1.15. The van der Waals surface area contributed by atoms with Crippen LogP contribution in [0.25, 0.3) is 0 Å². The maximum absolute atomic E-state index is 4.06. The molecule has 2 rings (SSSR count). The van der Waals surface area contributed by atoms with Gasteiger partial charge in [0.25, 0.3) is 0 Å². The Kier molecular flexibility index (Phi) is 4.75. The van der Waals surface area contributed by atoms with Crippen LogP contribution in [0.5, 0.6) is 0 Å². The van der Waals surface area contributed by atoms with Crippen LogP contribution in [0.1, 0.15) is 37.7 Å². The zero-order valence-electron chi connectivity index (χ0n) is 10.7. The fraction of sp³-hybridized carbons (Fsp3) is 0.533. The lowest BCUT2D eigenvalue weighted by Gasteiger charge is -2.23. The van der Waals surface area contributed by atoms with Gasteiger partial charge in [-0.3, -0.25) is 4.98 Å². The Morgan fingerprint density at radius 3 is 2.76 bits per heavy atom. The number of likely N-dealkylation sites (N-methyl/N-ethyl adjacent to an activating group) is 1. The van der Waals surface area contributed by atoms with E-state index in [0.29, 0.717) is 6.04 Å². The molecule has 0 saturated heterocycles. The fourth-order valence-corrected chi connectivity index (χ4v) is 2.56. The van der Waals surface area contributed by atoms with Gasteiger partial charge in [-0.05, 0) is 63.3 Å². The minimum absolute atomic E-state index is 0.559. The highest BCUT2D eigenvalue weighted by molar-refractivity contribution is 5.15. The van der Waals surface area contributed by atoms with Crippen LogP contribution in [0.2, 0.25) is 0 Å². The van der Waals surface area contributed by atoms with Gasteiger partial charge in [0.15, 0.2) is 0 Å². The maximum Gasteiger partial charge on any atom is 0.0279 e. The van der Waals surface area contributed by atoms with Crippen molar-refractivity contribution in [1.82, 2.24) is 10.3 Å². The maximum atomic E-state index is 4.06. The molecule has 0 aromatic carbocycles. The molecule has 1 aliphatic rings. The zero-order chi connectivity index (χ0) is 11.9. The molecule has 2 heteroatoms. The summed E-state index contributed by atoms with van der Waals surface area (Å²) in [5.41, 5.74) is 3.00. The lowest BCUT2D eigenvalue weighted by Crippen LogP contribution is -2.28. The van der Waals surface area contributed by atoms with E-state index < -0.39 is 0 Å². The summed E-state index contributed by atoms with van der Waals surface area (Å²) >= 11 is 0. The van der Waals surface area contributed by atoms with Crippen LogP contribution in [0.3, 0.4) is 0 Å². The molecule has 0 spiro atoms. The largest absolute Gasteiger partial charge is 0.313 e. The van der Waals surface area contributed by atoms with E-state index in [1.54, 1.807) is 5.57 Å². The molecule has 1 aromatic heterocycles. The first-order valence-electron chi connectivity index (χ1n) is 6.65. The highest BCUT2D eigenvalue weighted by Crippen LogP contribution is 2.22. The van der Waals surface area contributed by atoms with E-state index >= 15 is 0 Å². The van der Waals surface area contributed by atoms with E-state index in [4.69, 9.17) is 0 Å². The van der Waals surface area contributed by atoms with E-state index in [2.05, 4.69) is 35.6 Å². The molecule has 1 aliphatic carbocycles. The summed E-state index contributed by atoms with van der Waals surface area (Å²) in [6.07, 6.45) is 13.8. The molecule has 1 aromatic rings. The average molecular weight is 230 g/mol. The van der Waals surface area contributed by atoms with E-state index in [-0.39, 0.29) is 0 Å². The molecule has 0 saturated carbocycles.